The predicted molar refractivity (Wildman–Crippen MR) is 135 cm³/mol. The van der Waals surface area contributed by atoms with E-state index in [-0.39, 0.29) is 5.91 Å². The zero-order chi connectivity index (χ0) is 23.4. The van der Waals surface area contributed by atoms with Crippen LogP contribution in [-0.2, 0) is 11.3 Å². The average molecular weight is 459 g/mol. The molecule has 33 heavy (non-hydrogen) atoms. The molecule has 6 heteroatoms. The quantitative estimate of drug-likeness (QED) is 0.311. The third-order valence-electron chi connectivity index (χ3n) is 5.32. The summed E-state index contributed by atoms with van der Waals surface area (Å²) >= 11 is 1.54. The van der Waals surface area contributed by atoms with Crippen LogP contribution in [0.25, 0.3) is 16.3 Å². The van der Waals surface area contributed by atoms with Gasteiger partial charge in [0.05, 0.1) is 31.0 Å². The Kier molecular flexibility index (Phi) is 6.75. The molecule has 0 fully saturated rings. The number of methoxy groups -OCH3 is 2. The molecule has 4 rings (SSSR count). The van der Waals surface area contributed by atoms with Crippen molar-refractivity contribution in [3.63, 3.8) is 0 Å². The Hall–Kier alpha value is -3.64. The van der Waals surface area contributed by atoms with Crippen molar-refractivity contribution in [3.05, 3.63) is 89.0 Å². The molecule has 0 saturated heterocycles. The second-order valence-corrected chi connectivity index (χ2v) is 8.76. The molecule has 0 atom stereocenters. The van der Waals surface area contributed by atoms with Gasteiger partial charge in [0.1, 0.15) is 0 Å². The summed E-state index contributed by atoms with van der Waals surface area (Å²) in [5.74, 6) is 1.12. The molecule has 0 aliphatic rings. The molecule has 0 unspecified atom stereocenters. The summed E-state index contributed by atoms with van der Waals surface area (Å²) in [6.45, 7) is 4.58. The van der Waals surface area contributed by atoms with E-state index in [0.717, 1.165) is 26.9 Å². The van der Waals surface area contributed by atoms with Crippen molar-refractivity contribution in [2.24, 2.45) is 0 Å². The highest BCUT2D eigenvalue weighted by atomic mass is 32.1. The zero-order valence-corrected chi connectivity index (χ0v) is 20.0. The number of anilines is 1. The van der Waals surface area contributed by atoms with Gasteiger partial charge in [-0.1, -0.05) is 53.8 Å². The number of rotatable bonds is 7. The van der Waals surface area contributed by atoms with Crippen molar-refractivity contribution in [1.29, 1.82) is 0 Å². The van der Waals surface area contributed by atoms with Crippen LogP contribution in [0, 0.1) is 13.8 Å². The van der Waals surface area contributed by atoms with Gasteiger partial charge in [0.2, 0.25) is 0 Å². The molecule has 1 amide bonds. The third-order valence-corrected chi connectivity index (χ3v) is 6.54. The highest BCUT2D eigenvalue weighted by molar-refractivity contribution is 7.22. The lowest BCUT2D eigenvalue weighted by molar-refractivity contribution is -0.114. The van der Waals surface area contributed by atoms with E-state index in [2.05, 4.69) is 26.0 Å². The second-order valence-electron chi connectivity index (χ2n) is 7.78. The minimum atomic E-state index is -0.137. The molecule has 0 radical (unpaired) electrons. The first-order valence-corrected chi connectivity index (χ1v) is 11.4. The molecule has 1 aromatic heterocycles. The Morgan fingerprint density at radius 1 is 1.00 bits per heavy atom. The highest BCUT2D eigenvalue weighted by Gasteiger charge is 2.19. The summed E-state index contributed by atoms with van der Waals surface area (Å²) in [7, 11) is 3.19. The molecular formula is C27H26N2O3S. The van der Waals surface area contributed by atoms with Crippen LogP contribution in [0.3, 0.4) is 0 Å². The van der Waals surface area contributed by atoms with Crippen LogP contribution in [0.1, 0.15) is 22.3 Å². The number of aryl methyl sites for hydroxylation is 2. The maximum absolute atomic E-state index is 13.4. The first-order chi connectivity index (χ1) is 16.0. The maximum atomic E-state index is 13.4. The number of fused-ring (bicyclic) bond motifs is 1. The van der Waals surface area contributed by atoms with E-state index >= 15 is 0 Å². The van der Waals surface area contributed by atoms with Crippen molar-refractivity contribution in [2.45, 2.75) is 20.4 Å². The molecule has 0 saturated carbocycles. The number of hydrogen-bond acceptors (Lipinski definition) is 5. The zero-order valence-electron chi connectivity index (χ0n) is 19.2. The topological polar surface area (TPSA) is 51.7 Å². The van der Waals surface area contributed by atoms with Crippen LogP contribution >= 0.6 is 11.3 Å². The lowest BCUT2D eigenvalue weighted by Crippen LogP contribution is -2.28. The van der Waals surface area contributed by atoms with Crippen LogP contribution in [0.4, 0.5) is 5.13 Å². The summed E-state index contributed by atoms with van der Waals surface area (Å²) in [5, 5.41) is 0.685. The van der Waals surface area contributed by atoms with E-state index in [1.165, 1.54) is 5.56 Å². The number of carbonyl (C=O) groups excluding carboxylic acids is 1. The van der Waals surface area contributed by atoms with Gasteiger partial charge < -0.3 is 9.47 Å². The van der Waals surface area contributed by atoms with Crippen molar-refractivity contribution in [1.82, 2.24) is 4.98 Å². The highest BCUT2D eigenvalue weighted by Crippen LogP contribution is 2.33. The van der Waals surface area contributed by atoms with Gasteiger partial charge in [-0.3, -0.25) is 9.69 Å². The molecular weight excluding hydrogens is 432 g/mol. The minimum absolute atomic E-state index is 0.137. The smallest absolute Gasteiger partial charge is 0.253 e. The number of ether oxygens (including phenoxy) is 2. The van der Waals surface area contributed by atoms with E-state index in [1.54, 1.807) is 42.6 Å². The van der Waals surface area contributed by atoms with Gasteiger partial charge in [0.25, 0.3) is 5.91 Å². The van der Waals surface area contributed by atoms with Crippen LogP contribution in [-0.4, -0.2) is 25.1 Å². The number of nitrogens with zero attached hydrogens (tertiary/aromatic N) is 2. The van der Waals surface area contributed by atoms with Gasteiger partial charge in [-0.15, -0.1) is 0 Å². The average Bonchev–Trinajstić information content (AvgIpc) is 3.25. The van der Waals surface area contributed by atoms with Crippen LogP contribution in [0.2, 0.25) is 0 Å². The van der Waals surface area contributed by atoms with Gasteiger partial charge in [0.15, 0.2) is 16.6 Å². The van der Waals surface area contributed by atoms with Crippen molar-refractivity contribution < 1.29 is 14.3 Å². The summed E-state index contributed by atoms with van der Waals surface area (Å²) in [4.78, 5) is 19.9. The fourth-order valence-electron chi connectivity index (χ4n) is 3.70. The predicted octanol–water partition coefficient (Wildman–Crippen LogP) is 6.18. The monoisotopic (exact) mass is 458 g/mol. The number of hydrogen-bond donors (Lipinski definition) is 0. The molecule has 4 aromatic rings. The molecule has 5 nitrogen and oxygen atoms in total. The van der Waals surface area contributed by atoms with Crippen molar-refractivity contribution in [3.8, 4) is 11.5 Å². The van der Waals surface area contributed by atoms with Crippen molar-refractivity contribution in [2.75, 3.05) is 19.1 Å². The van der Waals surface area contributed by atoms with E-state index in [9.17, 15) is 4.79 Å². The molecule has 0 aliphatic heterocycles. The lowest BCUT2D eigenvalue weighted by Gasteiger charge is -2.18. The number of benzene rings is 3. The van der Waals surface area contributed by atoms with Gasteiger partial charge in [-0.05, 0) is 60.4 Å². The molecule has 168 valence electrons. The van der Waals surface area contributed by atoms with Gasteiger partial charge in [-0.2, -0.15) is 0 Å². The molecule has 1 heterocycles. The van der Waals surface area contributed by atoms with Gasteiger partial charge >= 0.3 is 0 Å². The number of amides is 1. The number of aromatic nitrogens is 1. The fourth-order valence-corrected chi connectivity index (χ4v) is 4.72. The Labute approximate surface area is 197 Å². The molecule has 0 spiro atoms. The first kappa shape index (κ1) is 22.6. The minimum Gasteiger partial charge on any atom is -0.493 e. The largest absolute Gasteiger partial charge is 0.493 e. The van der Waals surface area contributed by atoms with Crippen LogP contribution in [0.5, 0.6) is 11.5 Å². The van der Waals surface area contributed by atoms with Gasteiger partial charge in [0, 0.05) is 6.08 Å². The Balaban J connectivity index is 1.68. The second kappa shape index (κ2) is 9.88. The van der Waals surface area contributed by atoms with Gasteiger partial charge in [-0.25, -0.2) is 4.98 Å². The van der Waals surface area contributed by atoms with E-state index in [4.69, 9.17) is 14.5 Å². The first-order valence-electron chi connectivity index (χ1n) is 10.6. The van der Waals surface area contributed by atoms with E-state index in [0.29, 0.717) is 23.2 Å². The summed E-state index contributed by atoms with van der Waals surface area (Å²) in [6.07, 6.45) is 3.36. The normalized spacial score (nSPS) is 11.2. The Bertz CT molecular complexity index is 1310. The Morgan fingerprint density at radius 3 is 2.48 bits per heavy atom. The molecule has 0 aliphatic carbocycles. The molecule has 0 bridgehead atoms. The van der Waals surface area contributed by atoms with Crippen LogP contribution < -0.4 is 14.4 Å². The Morgan fingerprint density at radius 2 is 1.76 bits per heavy atom. The fraction of sp³-hybridized carbons (Fsp3) is 0.185. The molecule has 0 N–H and O–H groups in total. The third kappa shape index (κ3) is 5.07. The standard InChI is InChI=1S/C27H26N2O3S/c1-18-14-19(2)26-22(15-18)28-27(33-26)29(17-21-8-6-5-7-9-21)25(30)13-11-20-10-12-23(31-3)24(16-20)32-4/h5-16H,17H2,1-4H3/b13-11+. The summed E-state index contributed by atoms with van der Waals surface area (Å²) in [5.41, 5.74) is 5.13. The van der Waals surface area contributed by atoms with E-state index in [1.807, 2.05) is 48.5 Å². The summed E-state index contributed by atoms with van der Waals surface area (Å²) < 4.78 is 11.8. The number of thiazole rings is 1. The number of carbonyl (C=O) groups is 1. The lowest BCUT2D eigenvalue weighted by atomic mass is 10.1. The maximum Gasteiger partial charge on any atom is 0.253 e. The van der Waals surface area contributed by atoms with E-state index < -0.39 is 0 Å². The SMILES string of the molecule is COc1ccc(/C=C/C(=O)N(Cc2ccccc2)c2nc3cc(C)cc(C)c3s2)cc1OC. The summed E-state index contributed by atoms with van der Waals surface area (Å²) in [6, 6.07) is 19.7. The van der Waals surface area contributed by atoms with Crippen LogP contribution in [0.15, 0.2) is 66.7 Å². The van der Waals surface area contributed by atoms with Crippen molar-refractivity contribution >= 4 is 38.7 Å². The molecule has 3 aromatic carbocycles.